The van der Waals surface area contributed by atoms with Crippen molar-refractivity contribution in [2.45, 2.75) is 82.4 Å². The zero-order valence-corrected chi connectivity index (χ0v) is 12.9. The predicted molar refractivity (Wildman–Crippen MR) is 83.4 cm³/mol. The summed E-state index contributed by atoms with van der Waals surface area (Å²) in [5.41, 5.74) is 0. The Bertz CT molecular complexity index is 213. The van der Waals surface area contributed by atoms with Gasteiger partial charge in [0.15, 0.2) is 0 Å². The second-order valence-electron chi connectivity index (χ2n) is 6.41. The van der Waals surface area contributed by atoms with Gasteiger partial charge in [0.25, 0.3) is 0 Å². The SMILES string of the molecule is CC1CCCC(SCCCNC2CCCCC2)C1. The summed E-state index contributed by atoms with van der Waals surface area (Å²) in [6.07, 6.45) is 14.5. The summed E-state index contributed by atoms with van der Waals surface area (Å²) >= 11 is 2.25. The van der Waals surface area contributed by atoms with Gasteiger partial charge in [0, 0.05) is 11.3 Å². The van der Waals surface area contributed by atoms with E-state index in [2.05, 4.69) is 24.0 Å². The number of rotatable bonds is 6. The highest BCUT2D eigenvalue weighted by molar-refractivity contribution is 7.99. The van der Waals surface area contributed by atoms with E-state index in [0.717, 1.165) is 17.2 Å². The van der Waals surface area contributed by atoms with E-state index in [-0.39, 0.29) is 0 Å². The first-order valence-electron chi connectivity index (χ1n) is 8.19. The van der Waals surface area contributed by atoms with Crippen LogP contribution in [0.3, 0.4) is 0 Å². The van der Waals surface area contributed by atoms with Gasteiger partial charge in [-0.25, -0.2) is 0 Å². The summed E-state index contributed by atoms with van der Waals surface area (Å²) in [5, 5.41) is 4.73. The van der Waals surface area contributed by atoms with Crippen LogP contribution in [0.4, 0.5) is 0 Å². The first-order chi connectivity index (χ1) is 8.84. The number of nitrogens with one attached hydrogen (secondary N) is 1. The van der Waals surface area contributed by atoms with Crippen molar-refractivity contribution in [2.24, 2.45) is 5.92 Å². The molecule has 0 aliphatic heterocycles. The lowest BCUT2D eigenvalue weighted by Gasteiger charge is -2.26. The van der Waals surface area contributed by atoms with Crippen LogP contribution in [-0.4, -0.2) is 23.6 Å². The van der Waals surface area contributed by atoms with Crippen LogP contribution in [0.5, 0.6) is 0 Å². The Labute approximate surface area is 118 Å². The molecule has 2 aliphatic carbocycles. The van der Waals surface area contributed by atoms with E-state index in [1.165, 1.54) is 76.5 Å². The highest BCUT2D eigenvalue weighted by atomic mass is 32.2. The maximum atomic E-state index is 3.75. The lowest BCUT2D eigenvalue weighted by Crippen LogP contribution is -2.32. The molecule has 18 heavy (non-hydrogen) atoms. The zero-order valence-electron chi connectivity index (χ0n) is 12.1. The smallest absolute Gasteiger partial charge is 0.00670 e. The molecule has 0 heterocycles. The van der Waals surface area contributed by atoms with Crippen LogP contribution in [0.2, 0.25) is 0 Å². The van der Waals surface area contributed by atoms with Crippen LogP contribution in [-0.2, 0) is 0 Å². The summed E-state index contributed by atoms with van der Waals surface area (Å²) in [7, 11) is 0. The molecule has 0 aromatic heterocycles. The first-order valence-corrected chi connectivity index (χ1v) is 9.24. The molecule has 2 saturated carbocycles. The van der Waals surface area contributed by atoms with Gasteiger partial charge in [-0.15, -0.1) is 0 Å². The van der Waals surface area contributed by atoms with E-state index in [1.54, 1.807) is 0 Å². The normalized spacial score (nSPS) is 30.5. The predicted octanol–water partition coefficient (Wildman–Crippen LogP) is 4.61. The molecule has 2 fully saturated rings. The number of hydrogen-bond acceptors (Lipinski definition) is 2. The van der Waals surface area contributed by atoms with Crippen molar-refractivity contribution in [3.05, 3.63) is 0 Å². The second kappa shape index (κ2) is 8.47. The van der Waals surface area contributed by atoms with Crippen LogP contribution >= 0.6 is 11.8 Å². The minimum Gasteiger partial charge on any atom is -0.314 e. The van der Waals surface area contributed by atoms with E-state index in [4.69, 9.17) is 0 Å². The maximum absolute atomic E-state index is 3.75. The van der Waals surface area contributed by atoms with Gasteiger partial charge in [-0.1, -0.05) is 39.0 Å². The summed E-state index contributed by atoms with van der Waals surface area (Å²) in [6.45, 7) is 3.68. The van der Waals surface area contributed by atoms with Crippen molar-refractivity contribution in [3.8, 4) is 0 Å². The van der Waals surface area contributed by atoms with Crippen molar-refractivity contribution in [3.63, 3.8) is 0 Å². The fourth-order valence-corrected chi connectivity index (χ4v) is 4.91. The molecule has 0 bridgehead atoms. The van der Waals surface area contributed by atoms with Gasteiger partial charge in [0.2, 0.25) is 0 Å². The third kappa shape index (κ3) is 5.52. The average molecular weight is 269 g/mol. The van der Waals surface area contributed by atoms with Gasteiger partial charge in [0.05, 0.1) is 0 Å². The van der Waals surface area contributed by atoms with E-state index in [9.17, 15) is 0 Å². The summed E-state index contributed by atoms with van der Waals surface area (Å²) in [4.78, 5) is 0. The van der Waals surface area contributed by atoms with Crippen LogP contribution in [0.1, 0.15) is 71.1 Å². The van der Waals surface area contributed by atoms with Crippen LogP contribution < -0.4 is 5.32 Å². The van der Waals surface area contributed by atoms with Crippen LogP contribution in [0.15, 0.2) is 0 Å². The van der Waals surface area contributed by atoms with Gasteiger partial charge in [-0.3, -0.25) is 0 Å². The molecule has 1 nitrogen and oxygen atoms in total. The van der Waals surface area contributed by atoms with Gasteiger partial charge in [-0.2, -0.15) is 11.8 Å². The fraction of sp³-hybridized carbons (Fsp3) is 1.00. The van der Waals surface area contributed by atoms with Gasteiger partial charge >= 0.3 is 0 Å². The van der Waals surface area contributed by atoms with Crippen molar-refractivity contribution in [1.82, 2.24) is 5.32 Å². The third-order valence-corrected chi connectivity index (χ3v) is 6.03. The summed E-state index contributed by atoms with van der Waals surface area (Å²) in [6, 6.07) is 0.846. The topological polar surface area (TPSA) is 12.0 Å². The zero-order chi connectivity index (χ0) is 12.6. The molecule has 106 valence electrons. The standard InChI is InChI=1S/C16H31NS/c1-14-7-5-10-16(13-14)18-12-6-11-17-15-8-3-2-4-9-15/h14-17H,2-13H2,1H3. The number of thioether (sulfide) groups is 1. The van der Waals surface area contributed by atoms with Crippen LogP contribution in [0, 0.1) is 5.92 Å². The Morgan fingerprint density at radius 2 is 1.83 bits per heavy atom. The minimum atomic E-state index is 0.846. The second-order valence-corrected chi connectivity index (χ2v) is 7.82. The quantitative estimate of drug-likeness (QED) is 0.707. The van der Waals surface area contributed by atoms with E-state index in [0.29, 0.717) is 0 Å². The number of hydrogen-bond donors (Lipinski definition) is 1. The van der Waals surface area contributed by atoms with Crippen molar-refractivity contribution in [2.75, 3.05) is 12.3 Å². The monoisotopic (exact) mass is 269 g/mol. The van der Waals surface area contributed by atoms with E-state index in [1.807, 2.05) is 0 Å². The van der Waals surface area contributed by atoms with Crippen molar-refractivity contribution >= 4 is 11.8 Å². The highest BCUT2D eigenvalue weighted by Crippen LogP contribution is 2.32. The molecule has 0 amide bonds. The van der Waals surface area contributed by atoms with Gasteiger partial charge < -0.3 is 5.32 Å². The molecular weight excluding hydrogens is 238 g/mol. The van der Waals surface area contributed by atoms with Gasteiger partial charge in [0.1, 0.15) is 0 Å². The minimum absolute atomic E-state index is 0.846. The molecule has 2 atom stereocenters. The lowest BCUT2D eigenvalue weighted by molar-refractivity contribution is 0.374. The molecule has 2 heteroatoms. The maximum Gasteiger partial charge on any atom is 0.00670 e. The van der Waals surface area contributed by atoms with Gasteiger partial charge in [-0.05, 0) is 50.3 Å². The molecule has 1 N–H and O–H groups in total. The molecule has 0 saturated heterocycles. The Morgan fingerprint density at radius 1 is 1.00 bits per heavy atom. The summed E-state index contributed by atoms with van der Waals surface area (Å²) < 4.78 is 0. The molecule has 0 spiro atoms. The molecule has 2 unspecified atom stereocenters. The van der Waals surface area contributed by atoms with E-state index >= 15 is 0 Å². The van der Waals surface area contributed by atoms with E-state index < -0.39 is 0 Å². The Hall–Kier alpha value is 0.310. The van der Waals surface area contributed by atoms with Crippen LogP contribution in [0.25, 0.3) is 0 Å². The Kier molecular flexibility index (Phi) is 6.93. The average Bonchev–Trinajstić information content (AvgIpc) is 2.40. The van der Waals surface area contributed by atoms with Crippen molar-refractivity contribution in [1.29, 1.82) is 0 Å². The largest absolute Gasteiger partial charge is 0.314 e. The molecule has 2 aliphatic rings. The molecular formula is C16H31NS. The van der Waals surface area contributed by atoms with Crippen molar-refractivity contribution < 1.29 is 0 Å². The first kappa shape index (κ1) is 14.7. The molecule has 2 rings (SSSR count). The highest BCUT2D eigenvalue weighted by Gasteiger charge is 2.18. The Balaban J connectivity index is 1.45. The Morgan fingerprint density at radius 3 is 2.61 bits per heavy atom. The molecule has 0 aromatic carbocycles. The fourth-order valence-electron chi connectivity index (χ4n) is 3.46. The summed E-state index contributed by atoms with van der Waals surface area (Å²) in [5.74, 6) is 2.36. The third-order valence-electron chi connectivity index (χ3n) is 4.60. The molecule has 0 aromatic rings. The molecule has 0 radical (unpaired) electrons. The lowest BCUT2D eigenvalue weighted by atomic mass is 9.91.